The molecule has 4 heterocycles. The zero-order chi connectivity index (χ0) is 23.7. The van der Waals surface area contributed by atoms with Gasteiger partial charge in [-0.15, -0.1) is 0 Å². The van der Waals surface area contributed by atoms with E-state index in [0.717, 1.165) is 12.8 Å². The molecule has 8 nitrogen and oxygen atoms in total. The number of pyridine rings is 1. The van der Waals surface area contributed by atoms with E-state index in [0.29, 0.717) is 46.7 Å². The molecule has 2 N–H and O–H groups in total. The zero-order valence-electron chi connectivity index (χ0n) is 18.1. The Morgan fingerprint density at radius 2 is 2.06 bits per heavy atom. The number of halogens is 2. The van der Waals surface area contributed by atoms with Crippen molar-refractivity contribution in [3.05, 3.63) is 77.5 Å². The lowest BCUT2D eigenvalue weighted by atomic mass is 10.0. The van der Waals surface area contributed by atoms with Crippen molar-refractivity contribution in [1.29, 1.82) is 0 Å². The van der Waals surface area contributed by atoms with Crippen LogP contribution in [-0.2, 0) is 4.79 Å². The van der Waals surface area contributed by atoms with E-state index >= 15 is 0 Å². The van der Waals surface area contributed by atoms with Crippen LogP contribution in [0.2, 0.25) is 5.02 Å². The van der Waals surface area contributed by atoms with Crippen molar-refractivity contribution < 1.29 is 14.3 Å². The average molecular weight is 481 g/mol. The van der Waals surface area contributed by atoms with Crippen LogP contribution in [0, 0.1) is 5.82 Å². The number of hydrogen-bond donors (Lipinski definition) is 2. The Hall–Kier alpha value is -3.56. The van der Waals surface area contributed by atoms with Crippen molar-refractivity contribution in [3.8, 4) is 11.5 Å². The number of carbonyl (C=O) groups excluding carboxylic acids is 1. The molecule has 3 aromatic heterocycles. The van der Waals surface area contributed by atoms with Crippen molar-refractivity contribution in [2.75, 3.05) is 18.4 Å². The molecule has 34 heavy (non-hydrogen) atoms. The van der Waals surface area contributed by atoms with Crippen LogP contribution >= 0.6 is 11.6 Å². The SMILES string of the molecule is O=C(C(O)c1ccccc1Cl)N1CCCC(Nc2ccnc(-c3cnc4ccc(F)cn34)n2)C1. The van der Waals surface area contributed by atoms with Gasteiger partial charge in [0.2, 0.25) is 0 Å². The topological polar surface area (TPSA) is 95.7 Å². The Balaban J connectivity index is 1.31. The van der Waals surface area contributed by atoms with Crippen LogP contribution in [0.15, 0.2) is 61.1 Å². The monoisotopic (exact) mass is 480 g/mol. The van der Waals surface area contributed by atoms with Gasteiger partial charge in [0, 0.05) is 42.1 Å². The summed E-state index contributed by atoms with van der Waals surface area (Å²) in [5.74, 6) is 0.228. The van der Waals surface area contributed by atoms with Gasteiger partial charge in [0.1, 0.15) is 23.0 Å². The number of imidazole rings is 1. The Bertz CT molecular complexity index is 1350. The number of nitrogens with one attached hydrogen (secondary N) is 1. The molecule has 4 aromatic rings. The molecular formula is C24H22ClFN6O2. The Kier molecular flexibility index (Phi) is 6.12. The van der Waals surface area contributed by atoms with Crippen molar-refractivity contribution >= 4 is 29.0 Å². The number of anilines is 1. The van der Waals surface area contributed by atoms with E-state index in [1.165, 1.54) is 12.3 Å². The van der Waals surface area contributed by atoms with Crippen LogP contribution < -0.4 is 5.32 Å². The number of fused-ring (bicyclic) bond motifs is 1. The molecule has 2 atom stereocenters. The molecule has 2 unspecified atom stereocenters. The molecule has 1 fully saturated rings. The number of aliphatic hydroxyl groups excluding tert-OH is 1. The van der Waals surface area contributed by atoms with Gasteiger partial charge < -0.3 is 15.3 Å². The molecule has 1 saturated heterocycles. The molecule has 1 aromatic carbocycles. The first-order valence-electron chi connectivity index (χ1n) is 10.9. The normalized spacial score (nSPS) is 17.0. The number of piperidine rings is 1. The van der Waals surface area contributed by atoms with E-state index in [2.05, 4.69) is 20.3 Å². The quantitative estimate of drug-likeness (QED) is 0.452. The minimum absolute atomic E-state index is 0.0569. The third-order valence-electron chi connectivity index (χ3n) is 5.87. The maximum absolute atomic E-state index is 13.7. The Labute approximate surface area is 200 Å². The number of aliphatic hydroxyl groups is 1. The molecule has 0 bridgehead atoms. The molecule has 1 aliphatic heterocycles. The Morgan fingerprint density at radius 1 is 1.21 bits per heavy atom. The molecule has 5 rings (SSSR count). The summed E-state index contributed by atoms with van der Waals surface area (Å²) >= 11 is 6.16. The second kappa shape index (κ2) is 9.36. The first-order chi connectivity index (χ1) is 16.5. The smallest absolute Gasteiger partial charge is 0.256 e. The number of nitrogens with zero attached hydrogens (tertiary/aromatic N) is 5. The van der Waals surface area contributed by atoms with E-state index in [9.17, 15) is 14.3 Å². The third-order valence-corrected chi connectivity index (χ3v) is 6.22. The second-order valence-corrected chi connectivity index (χ2v) is 8.58. The second-order valence-electron chi connectivity index (χ2n) is 8.18. The van der Waals surface area contributed by atoms with Crippen LogP contribution in [0.25, 0.3) is 17.2 Å². The van der Waals surface area contributed by atoms with Gasteiger partial charge in [0.15, 0.2) is 11.9 Å². The van der Waals surface area contributed by atoms with E-state index in [4.69, 9.17) is 11.6 Å². The summed E-state index contributed by atoms with van der Waals surface area (Å²) in [6, 6.07) is 11.4. The molecule has 0 radical (unpaired) electrons. The summed E-state index contributed by atoms with van der Waals surface area (Å²) < 4.78 is 15.3. The lowest BCUT2D eigenvalue weighted by Crippen LogP contribution is -2.47. The first kappa shape index (κ1) is 22.2. The summed E-state index contributed by atoms with van der Waals surface area (Å²) in [4.78, 5) is 27.8. The van der Waals surface area contributed by atoms with Gasteiger partial charge in [-0.3, -0.25) is 9.20 Å². The summed E-state index contributed by atoms with van der Waals surface area (Å²) in [7, 11) is 0. The van der Waals surface area contributed by atoms with Crippen molar-refractivity contribution in [1.82, 2.24) is 24.3 Å². The molecule has 0 spiro atoms. The summed E-state index contributed by atoms with van der Waals surface area (Å²) in [5, 5.41) is 14.3. The number of aromatic nitrogens is 4. The fraction of sp³-hybridized carbons (Fsp3) is 0.250. The Morgan fingerprint density at radius 3 is 2.91 bits per heavy atom. The molecule has 0 aliphatic carbocycles. The molecule has 10 heteroatoms. The van der Waals surface area contributed by atoms with E-state index in [-0.39, 0.29) is 17.8 Å². The van der Waals surface area contributed by atoms with Gasteiger partial charge in [-0.1, -0.05) is 29.8 Å². The van der Waals surface area contributed by atoms with Gasteiger partial charge >= 0.3 is 0 Å². The molecule has 1 amide bonds. The van der Waals surface area contributed by atoms with E-state index in [1.807, 2.05) is 0 Å². The number of rotatable bonds is 5. The highest BCUT2D eigenvalue weighted by Gasteiger charge is 2.30. The molecule has 0 saturated carbocycles. The van der Waals surface area contributed by atoms with Gasteiger partial charge in [-0.2, -0.15) is 0 Å². The van der Waals surface area contributed by atoms with Crippen LogP contribution in [-0.4, -0.2) is 54.4 Å². The van der Waals surface area contributed by atoms with Gasteiger partial charge in [-0.25, -0.2) is 19.3 Å². The maximum atomic E-state index is 13.7. The largest absolute Gasteiger partial charge is 0.378 e. The fourth-order valence-corrected chi connectivity index (χ4v) is 4.43. The zero-order valence-corrected chi connectivity index (χ0v) is 18.9. The predicted molar refractivity (Wildman–Crippen MR) is 126 cm³/mol. The molecule has 174 valence electrons. The van der Waals surface area contributed by atoms with Gasteiger partial charge in [0.25, 0.3) is 5.91 Å². The van der Waals surface area contributed by atoms with Crippen molar-refractivity contribution in [2.45, 2.75) is 25.0 Å². The number of hydrogen-bond acceptors (Lipinski definition) is 6. The van der Waals surface area contributed by atoms with E-state index < -0.39 is 6.10 Å². The molecule has 1 aliphatic rings. The summed E-state index contributed by atoms with van der Waals surface area (Å²) in [5.41, 5.74) is 1.56. The number of amides is 1. The van der Waals surface area contributed by atoms with Gasteiger partial charge in [-0.05, 0) is 37.1 Å². The van der Waals surface area contributed by atoms with Crippen molar-refractivity contribution in [3.63, 3.8) is 0 Å². The van der Waals surface area contributed by atoms with Crippen molar-refractivity contribution in [2.24, 2.45) is 0 Å². The van der Waals surface area contributed by atoms with Crippen LogP contribution in [0.1, 0.15) is 24.5 Å². The standard InChI is InChI=1S/C24H22ClFN6O2/c25-18-6-2-1-5-17(18)22(33)24(34)31-11-3-4-16(14-31)29-20-9-10-27-23(30-20)19-12-28-21-8-7-15(26)13-32(19)21/h1-2,5-10,12-13,16,22,33H,3-4,11,14H2,(H,27,29,30). The van der Waals surface area contributed by atoms with Crippen LogP contribution in [0.3, 0.4) is 0 Å². The third kappa shape index (κ3) is 4.44. The van der Waals surface area contributed by atoms with E-state index in [1.54, 1.807) is 58.1 Å². The number of carbonyl (C=O) groups is 1. The number of benzene rings is 1. The number of likely N-dealkylation sites (tertiary alicyclic amines) is 1. The lowest BCUT2D eigenvalue weighted by molar-refractivity contribution is -0.141. The minimum Gasteiger partial charge on any atom is -0.378 e. The average Bonchev–Trinajstić information content (AvgIpc) is 3.27. The fourth-order valence-electron chi connectivity index (χ4n) is 4.19. The summed E-state index contributed by atoms with van der Waals surface area (Å²) in [6.07, 6.45) is 4.88. The first-order valence-corrected chi connectivity index (χ1v) is 11.3. The lowest BCUT2D eigenvalue weighted by Gasteiger charge is -2.34. The minimum atomic E-state index is -1.31. The highest BCUT2D eigenvalue weighted by molar-refractivity contribution is 6.31. The highest BCUT2D eigenvalue weighted by atomic mass is 35.5. The van der Waals surface area contributed by atoms with Crippen LogP contribution in [0.5, 0.6) is 0 Å². The summed E-state index contributed by atoms with van der Waals surface area (Å²) in [6.45, 7) is 0.974. The van der Waals surface area contributed by atoms with Gasteiger partial charge in [0.05, 0.1) is 6.20 Å². The molecular weight excluding hydrogens is 459 g/mol. The van der Waals surface area contributed by atoms with Crippen LogP contribution in [0.4, 0.5) is 10.2 Å². The predicted octanol–water partition coefficient (Wildman–Crippen LogP) is 3.72. The highest BCUT2D eigenvalue weighted by Crippen LogP contribution is 2.26. The maximum Gasteiger partial charge on any atom is 0.256 e.